The highest BCUT2D eigenvalue weighted by Crippen LogP contribution is 2.35. The number of furan rings is 1. The smallest absolute Gasteiger partial charge is 0.342 e. The number of anilines is 1. The van der Waals surface area contributed by atoms with Crippen molar-refractivity contribution in [2.24, 2.45) is 0 Å². The van der Waals surface area contributed by atoms with Crippen LogP contribution in [0.4, 0.5) is 5.69 Å². The number of sulfonamides is 1. The molecule has 0 aliphatic rings. The fraction of sp³-hybridized carbons (Fsp3) is 0.211. The number of aryl methyl sites for hydroxylation is 2. The fourth-order valence-corrected chi connectivity index (χ4v) is 4.02. The number of fused-ring (bicyclic) bond motifs is 1. The van der Waals surface area contributed by atoms with Gasteiger partial charge in [-0.1, -0.05) is 29.3 Å². The summed E-state index contributed by atoms with van der Waals surface area (Å²) in [5.74, 6) is -0.202. The molecule has 0 fully saturated rings. The van der Waals surface area contributed by atoms with Crippen molar-refractivity contribution in [1.29, 1.82) is 0 Å². The molecule has 0 saturated heterocycles. The number of hydrogen-bond donors (Lipinski definition) is 1. The second-order valence-corrected chi connectivity index (χ2v) is 8.10. The number of nitrogens with one attached hydrogen (secondary N) is 1. The van der Waals surface area contributed by atoms with Gasteiger partial charge in [-0.15, -0.1) is 0 Å². The zero-order chi connectivity index (χ0) is 19.8. The van der Waals surface area contributed by atoms with Gasteiger partial charge in [0.15, 0.2) is 5.58 Å². The summed E-state index contributed by atoms with van der Waals surface area (Å²) >= 11 is 6.24. The molecule has 142 valence electrons. The molecule has 0 spiro atoms. The van der Waals surface area contributed by atoms with Gasteiger partial charge in [-0.25, -0.2) is 13.2 Å². The topological polar surface area (TPSA) is 85.6 Å². The van der Waals surface area contributed by atoms with Crippen molar-refractivity contribution in [2.45, 2.75) is 25.7 Å². The summed E-state index contributed by atoms with van der Waals surface area (Å²) in [5.41, 5.74) is 1.70. The number of benzene rings is 2. The molecule has 0 atom stereocenters. The fourth-order valence-electron chi connectivity index (χ4n) is 2.72. The Morgan fingerprint density at radius 3 is 2.48 bits per heavy atom. The van der Waals surface area contributed by atoms with Crippen LogP contribution in [0.2, 0.25) is 5.02 Å². The lowest BCUT2D eigenvalue weighted by atomic mass is 10.1. The minimum Gasteiger partial charge on any atom is -0.462 e. The highest BCUT2D eigenvalue weighted by atomic mass is 35.5. The lowest BCUT2D eigenvalue weighted by molar-refractivity contribution is 0.0526. The van der Waals surface area contributed by atoms with Crippen LogP contribution in [-0.2, 0) is 14.8 Å². The van der Waals surface area contributed by atoms with E-state index in [1.165, 1.54) is 24.3 Å². The first-order valence-corrected chi connectivity index (χ1v) is 10.1. The number of carbonyl (C=O) groups is 1. The molecule has 1 aromatic heterocycles. The van der Waals surface area contributed by atoms with E-state index in [2.05, 4.69) is 4.72 Å². The second-order valence-electron chi connectivity index (χ2n) is 6.01. The summed E-state index contributed by atoms with van der Waals surface area (Å²) in [7, 11) is -3.81. The van der Waals surface area contributed by atoms with Gasteiger partial charge in [-0.05, 0) is 45.0 Å². The van der Waals surface area contributed by atoms with E-state index in [1.807, 2.05) is 6.92 Å². The molecule has 0 aliphatic heterocycles. The zero-order valence-corrected chi connectivity index (χ0v) is 16.6. The van der Waals surface area contributed by atoms with Gasteiger partial charge in [-0.3, -0.25) is 4.72 Å². The Hall–Kier alpha value is -2.51. The van der Waals surface area contributed by atoms with Crippen molar-refractivity contribution >= 4 is 44.3 Å². The van der Waals surface area contributed by atoms with Crippen LogP contribution >= 0.6 is 11.6 Å². The van der Waals surface area contributed by atoms with E-state index < -0.39 is 16.0 Å². The minimum absolute atomic E-state index is 0.123. The molecule has 1 heterocycles. The number of hydrogen-bond acceptors (Lipinski definition) is 5. The summed E-state index contributed by atoms with van der Waals surface area (Å²) in [6.45, 7) is 5.40. The number of carbonyl (C=O) groups excluding carboxylic acids is 1. The maximum Gasteiger partial charge on any atom is 0.342 e. The van der Waals surface area contributed by atoms with E-state index in [0.717, 1.165) is 5.56 Å². The molecule has 8 heteroatoms. The molecule has 0 saturated carbocycles. The number of esters is 1. The van der Waals surface area contributed by atoms with Crippen molar-refractivity contribution < 1.29 is 22.4 Å². The number of ether oxygens (including phenoxy) is 1. The van der Waals surface area contributed by atoms with Crippen LogP contribution in [0.25, 0.3) is 11.0 Å². The molecule has 2 aromatic carbocycles. The third-order valence-corrected chi connectivity index (χ3v) is 5.66. The molecule has 0 unspecified atom stereocenters. The van der Waals surface area contributed by atoms with E-state index in [0.29, 0.717) is 16.7 Å². The van der Waals surface area contributed by atoms with E-state index in [9.17, 15) is 13.2 Å². The van der Waals surface area contributed by atoms with Crippen LogP contribution in [0.5, 0.6) is 0 Å². The van der Waals surface area contributed by atoms with Gasteiger partial charge in [0.2, 0.25) is 0 Å². The predicted molar refractivity (Wildman–Crippen MR) is 104 cm³/mol. The van der Waals surface area contributed by atoms with Crippen molar-refractivity contribution in [3.63, 3.8) is 0 Å². The lowest BCUT2D eigenvalue weighted by Crippen LogP contribution is -2.13. The van der Waals surface area contributed by atoms with Gasteiger partial charge in [0.25, 0.3) is 10.0 Å². The maximum absolute atomic E-state index is 12.6. The van der Waals surface area contributed by atoms with E-state index in [-0.39, 0.29) is 27.8 Å². The standard InChI is InChI=1S/C19H18ClNO5S/c1-4-25-19(22)17-12(3)26-18-15(17)9-13(10-16(18)20)21-27(23,24)14-7-5-11(2)6-8-14/h5-10,21H,4H2,1-3H3. The Morgan fingerprint density at radius 2 is 1.85 bits per heavy atom. The van der Waals surface area contributed by atoms with Gasteiger partial charge in [-0.2, -0.15) is 0 Å². The summed E-state index contributed by atoms with van der Waals surface area (Å²) in [6, 6.07) is 9.41. The lowest BCUT2D eigenvalue weighted by Gasteiger charge is -2.09. The van der Waals surface area contributed by atoms with E-state index >= 15 is 0 Å². The molecule has 0 radical (unpaired) electrons. The van der Waals surface area contributed by atoms with Crippen molar-refractivity contribution in [1.82, 2.24) is 0 Å². The van der Waals surface area contributed by atoms with Gasteiger partial charge >= 0.3 is 5.97 Å². The molecule has 3 aromatic rings. The second kappa shape index (κ2) is 7.25. The highest BCUT2D eigenvalue weighted by molar-refractivity contribution is 7.92. The molecular weight excluding hydrogens is 390 g/mol. The first-order chi connectivity index (χ1) is 12.7. The average Bonchev–Trinajstić information content (AvgIpc) is 2.92. The van der Waals surface area contributed by atoms with Crippen LogP contribution in [0.15, 0.2) is 45.7 Å². The van der Waals surface area contributed by atoms with Crippen LogP contribution in [0, 0.1) is 13.8 Å². The molecule has 27 heavy (non-hydrogen) atoms. The van der Waals surface area contributed by atoms with Crippen molar-refractivity contribution in [3.05, 3.63) is 58.3 Å². The van der Waals surface area contributed by atoms with E-state index in [4.69, 9.17) is 20.8 Å². The highest BCUT2D eigenvalue weighted by Gasteiger charge is 2.23. The normalized spacial score (nSPS) is 11.6. The Labute approximate surface area is 162 Å². The monoisotopic (exact) mass is 407 g/mol. The number of halogens is 1. The molecule has 1 N–H and O–H groups in total. The van der Waals surface area contributed by atoms with Crippen molar-refractivity contribution in [2.75, 3.05) is 11.3 Å². The third-order valence-electron chi connectivity index (χ3n) is 3.98. The zero-order valence-electron chi connectivity index (χ0n) is 15.0. The van der Waals surface area contributed by atoms with Crippen LogP contribution in [-0.4, -0.2) is 21.0 Å². The number of rotatable bonds is 5. The quantitative estimate of drug-likeness (QED) is 0.620. The molecular formula is C19H18ClNO5S. The summed E-state index contributed by atoms with van der Waals surface area (Å²) < 4.78 is 38.3. The largest absolute Gasteiger partial charge is 0.462 e. The van der Waals surface area contributed by atoms with Gasteiger partial charge in [0, 0.05) is 5.39 Å². The van der Waals surface area contributed by atoms with Crippen LogP contribution in [0.3, 0.4) is 0 Å². The Bertz CT molecular complexity index is 1120. The van der Waals surface area contributed by atoms with Gasteiger partial charge in [0.1, 0.15) is 11.3 Å². The van der Waals surface area contributed by atoms with E-state index in [1.54, 1.807) is 26.0 Å². The first-order valence-electron chi connectivity index (χ1n) is 8.22. The summed E-state index contributed by atoms with van der Waals surface area (Å²) in [6.07, 6.45) is 0. The Morgan fingerprint density at radius 1 is 1.19 bits per heavy atom. The third kappa shape index (κ3) is 3.79. The molecule has 0 aliphatic carbocycles. The predicted octanol–water partition coefficient (Wildman–Crippen LogP) is 4.68. The van der Waals surface area contributed by atoms with Gasteiger partial charge < -0.3 is 9.15 Å². The van der Waals surface area contributed by atoms with Gasteiger partial charge in [0.05, 0.1) is 22.2 Å². The minimum atomic E-state index is -3.81. The Kier molecular flexibility index (Phi) is 5.17. The Balaban J connectivity index is 2.06. The van der Waals surface area contributed by atoms with Crippen molar-refractivity contribution in [3.8, 4) is 0 Å². The first kappa shape index (κ1) is 19.3. The maximum atomic E-state index is 12.6. The summed E-state index contributed by atoms with van der Waals surface area (Å²) in [4.78, 5) is 12.4. The summed E-state index contributed by atoms with van der Waals surface area (Å²) in [5, 5.41) is 0.577. The molecule has 3 rings (SSSR count). The SMILES string of the molecule is CCOC(=O)c1c(C)oc2c(Cl)cc(NS(=O)(=O)c3ccc(C)cc3)cc12. The molecule has 6 nitrogen and oxygen atoms in total. The molecule has 0 bridgehead atoms. The van der Waals surface area contributed by atoms with Crippen LogP contribution < -0.4 is 4.72 Å². The van der Waals surface area contributed by atoms with Crippen LogP contribution in [0.1, 0.15) is 28.6 Å². The molecule has 0 amide bonds. The average molecular weight is 408 g/mol.